The van der Waals surface area contributed by atoms with Crippen molar-refractivity contribution in [3.63, 3.8) is 0 Å². The Morgan fingerprint density at radius 3 is 2.53 bits per heavy atom. The second-order valence-corrected chi connectivity index (χ2v) is 6.10. The zero-order valence-electron chi connectivity index (χ0n) is 12.4. The van der Waals surface area contributed by atoms with Crippen molar-refractivity contribution in [3.8, 4) is 0 Å². The number of likely N-dealkylation sites (tertiary alicyclic amines) is 1. The van der Waals surface area contributed by atoms with Gasteiger partial charge >= 0.3 is 12.0 Å². The van der Waals surface area contributed by atoms with E-state index < -0.39 is 11.4 Å². The van der Waals surface area contributed by atoms with Gasteiger partial charge in [0.05, 0.1) is 5.41 Å². The maximum absolute atomic E-state index is 12.2. The van der Waals surface area contributed by atoms with Crippen molar-refractivity contribution in [2.24, 2.45) is 11.3 Å². The number of carbonyl (C=O) groups is 2. The number of carboxylic acid groups (broad SMARTS) is 1. The Hall–Kier alpha value is -1.26. The predicted molar refractivity (Wildman–Crippen MR) is 74.0 cm³/mol. The van der Waals surface area contributed by atoms with Gasteiger partial charge in [-0.2, -0.15) is 0 Å². The molecule has 0 saturated carbocycles. The second-order valence-electron chi connectivity index (χ2n) is 6.10. The molecule has 1 saturated heterocycles. The maximum atomic E-state index is 12.2. The van der Waals surface area contributed by atoms with E-state index in [1.54, 1.807) is 11.8 Å². The molecule has 0 spiro atoms. The molecule has 0 aromatic rings. The summed E-state index contributed by atoms with van der Waals surface area (Å²) in [6.07, 6.45) is 2.26. The first-order valence-electron chi connectivity index (χ1n) is 7.09. The SMILES string of the molecule is CCC(NC(=O)N1CCCC(C)(C(=O)O)C1)C(C)C. The van der Waals surface area contributed by atoms with Crippen LogP contribution in [0.3, 0.4) is 0 Å². The molecule has 1 fully saturated rings. The smallest absolute Gasteiger partial charge is 0.317 e. The molecule has 0 aromatic heterocycles. The van der Waals surface area contributed by atoms with Crippen molar-refractivity contribution in [1.82, 2.24) is 10.2 Å². The number of hydrogen-bond acceptors (Lipinski definition) is 2. The number of urea groups is 1. The van der Waals surface area contributed by atoms with Gasteiger partial charge in [-0.25, -0.2) is 4.79 Å². The zero-order chi connectivity index (χ0) is 14.6. The lowest BCUT2D eigenvalue weighted by Crippen LogP contribution is -2.53. The number of aliphatic carboxylic acids is 1. The standard InChI is InChI=1S/C14H26N2O3/c1-5-11(10(2)3)15-13(19)16-8-6-7-14(4,9-16)12(17)18/h10-11H,5-9H2,1-4H3,(H,15,19)(H,17,18). The first-order valence-corrected chi connectivity index (χ1v) is 7.09. The summed E-state index contributed by atoms with van der Waals surface area (Å²) in [7, 11) is 0. The maximum Gasteiger partial charge on any atom is 0.317 e. The summed E-state index contributed by atoms with van der Waals surface area (Å²) in [5.74, 6) is -0.439. The van der Waals surface area contributed by atoms with Crippen LogP contribution in [0.4, 0.5) is 4.79 Å². The number of rotatable bonds is 4. The van der Waals surface area contributed by atoms with Crippen molar-refractivity contribution in [1.29, 1.82) is 0 Å². The number of carboxylic acids is 1. The highest BCUT2D eigenvalue weighted by Crippen LogP contribution is 2.29. The molecule has 0 radical (unpaired) electrons. The van der Waals surface area contributed by atoms with Gasteiger partial charge < -0.3 is 15.3 Å². The lowest BCUT2D eigenvalue weighted by atomic mass is 9.82. The summed E-state index contributed by atoms with van der Waals surface area (Å²) in [4.78, 5) is 25.1. The van der Waals surface area contributed by atoms with Gasteiger partial charge in [-0.1, -0.05) is 20.8 Å². The largest absolute Gasteiger partial charge is 0.481 e. The van der Waals surface area contributed by atoms with Crippen LogP contribution in [-0.4, -0.2) is 41.1 Å². The zero-order valence-corrected chi connectivity index (χ0v) is 12.4. The highest BCUT2D eigenvalue weighted by atomic mass is 16.4. The third-order valence-corrected chi connectivity index (χ3v) is 4.05. The van der Waals surface area contributed by atoms with Crippen LogP contribution in [0.1, 0.15) is 47.0 Å². The molecule has 1 heterocycles. The Kier molecular flexibility index (Phi) is 5.20. The van der Waals surface area contributed by atoms with Gasteiger partial charge in [0.15, 0.2) is 0 Å². The number of nitrogens with zero attached hydrogens (tertiary/aromatic N) is 1. The third kappa shape index (κ3) is 3.85. The summed E-state index contributed by atoms with van der Waals surface area (Å²) in [6, 6.07) is 0.0123. The Labute approximate surface area is 115 Å². The van der Waals surface area contributed by atoms with Gasteiger partial charge in [0, 0.05) is 19.1 Å². The van der Waals surface area contributed by atoms with E-state index in [2.05, 4.69) is 19.2 Å². The molecule has 1 rings (SSSR count). The average molecular weight is 270 g/mol. The van der Waals surface area contributed by atoms with Crippen molar-refractivity contribution in [3.05, 3.63) is 0 Å². The van der Waals surface area contributed by atoms with Gasteiger partial charge in [-0.3, -0.25) is 4.79 Å². The summed E-state index contributed by atoms with van der Waals surface area (Å²) >= 11 is 0. The van der Waals surface area contributed by atoms with Crippen LogP contribution >= 0.6 is 0 Å². The molecule has 1 aliphatic rings. The third-order valence-electron chi connectivity index (χ3n) is 4.05. The van der Waals surface area contributed by atoms with Crippen molar-refractivity contribution in [2.45, 2.75) is 53.0 Å². The Bertz CT molecular complexity index is 344. The van der Waals surface area contributed by atoms with Crippen molar-refractivity contribution >= 4 is 12.0 Å². The Morgan fingerprint density at radius 1 is 1.42 bits per heavy atom. The molecule has 1 aliphatic heterocycles. The average Bonchev–Trinajstić information content (AvgIpc) is 2.35. The van der Waals surface area contributed by atoms with Gasteiger partial charge in [-0.15, -0.1) is 0 Å². The molecule has 2 amide bonds. The molecular weight excluding hydrogens is 244 g/mol. The fraction of sp³-hybridized carbons (Fsp3) is 0.857. The van der Waals surface area contributed by atoms with Gasteiger partial charge in [-0.05, 0) is 32.1 Å². The van der Waals surface area contributed by atoms with E-state index in [1.165, 1.54) is 0 Å². The van der Waals surface area contributed by atoms with Crippen LogP contribution in [0.5, 0.6) is 0 Å². The van der Waals surface area contributed by atoms with E-state index in [1.807, 2.05) is 6.92 Å². The number of piperidine rings is 1. The summed E-state index contributed by atoms with van der Waals surface area (Å²) < 4.78 is 0. The molecule has 0 aromatic carbocycles. The predicted octanol–water partition coefficient (Wildman–Crippen LogP) is 2.32. The summed E-state index contributed by atoms with van der Waals surface area (Å²) in [5, 5.41) is 12.3. The Balaban J connectivity index is 2.65. The first kappa shape index (κ1) is 15.8. The van der Waals surface area contributed by atoms with Gasteiger partial charge in [0.1, 0.15) is 0 Å². The van der Waals surface area contributed by atoms with E-state index in [0.29, 0.717) is 25.4 Å². The molecule has 0 aliphatic carbocycles. The summed E-state index contributed by atoms with van der Waals surface area (Å²) in [5.41, 5.74) is -0.810. The van der Waals surface area contributed by atoms with Gasteiger partial charge in [0.2, 0.25) is 0 Å². The monoisotopic (exact) mass is 270 g/mol. The molecule has 2 unspecified atom stereocenters. The van der Waals surface area contributed by atoms with E-state index in [0.717, 1.165) is 12.8 Å². The quantitative estimate of drug-likeness (QED) is 0.823. The van der Waals surface area contributed by atoms with Crippen LogP contribution < -0.4 is 5.32 Å². The highest BCUT2D eigenvalue weighted by molar-refractivity contribution is 5.78. The van der Waals surface area contributed by atoms with Crippen molar-refractivity contribution < 1.29 is 14.7 Å². The number of amides is 2. The van der Waals surface area contributed by atoms with Crippen LogP contribution in [0.25, 0.3) is 0 Å². The summed E-state index contributed by atoms with van der Waals surface area (Å²) in [6.45, 7) is 8.85. The molecule has 2 N–H and O–H groups in total. The second kappa shape index (κ2) is 6.26. The minimum atomic E-state index is -0.819. The molecular formula is C14H26N2O3. The molecule has 19 heavy (non-hydrogen) atoms. The number of hydrogen-bond donors (Lipinski definition) is 2. The molecule has 0 bridgehead atoms. The molecule has 2 atom stereocenters. The van der Waals surface area contributed by atoms with E-state index in [4.69, 9.17) is 0 Å². The van der Waals surface area contributed by atoms with E-state index in [9.17, 15) is 14.7 Å². The Morgan fingerprint density at radius 2 is 2.05 bits per heavy atom. The lowest BCUT2D eigenvalue weighted by molar-refractivity contribution is -0.150. The minimum absolute atomic E-state index is 0.132. The van der Waals surface area contributed by atoms with E-state index >= 15 is 0 Å². The minimum Gasteiger partial charge on any atom is -0.481 e. The van der Waals surface area contributed by atoms with Crippen LogP contribution in [0, 0.1) is 11.3 Å². The number of carbonyl (C=O) groups excluding carboxylic acids is 1. The first-order chi connectivity index (χ1) is 8.80. The molecule has 5 heteroatoms. The van der Waals surface area contributed by atoms with Crippen LogP contribution in [0.2, 0.25) is 0 Å². The topological polar surface area (TPSA) is 69.6 Å². The molecule has 5 nitrogen and oxygen atoms in total. The van der Waals surface area contributed by atoms with Crippen LogP contribution in [0.15, 0.2) is 0 Å². The number of nitrogens with one attached hydrogen (secondary N) is 1. The van der Waals surface area contributed by atoms with Gasteiger partial charge in [0.25, 0.3) is 0 Å². The van der Waals surface area contributed by atoms with E-state index in [-0.39, 0.29) is 12.1 Å². The lowest BCUT2D eigenvalue weighted by Gasteiger charge is -2.38. The highest BCUT2D eigenvalue weighted by Gasteiger charge is 2.39. The van der Waals surface area contributed by atoms with Crippen molar-refractivity contribution in [2.75, 3.05) is 13.1 Å². The van der Waals surface area contributed by atoms with Crippen LogP contribution in [-0.2, 0) is 4.79 Å². The normalized spacial score (nSPS) is 25.2. The fourth-order valence-corrected chi connectivity index (χ4v) is 2.58. The molecule has 110 valence electrons. The fourth-order valence-electron chi connectivity index (χ4n) is 2.58.